The molecule has 3 aliphatic heterocycles. The van der Waals surface area contributed by atoms with E-state index in [0.717, 1.165) is 17.0 Å². The largest absolute Gasteiger partial charge is 0.416 e. The predicted octanol–water partition coefficient (Wildman–Crippen LogP) is 3.36. The Balaban J connectivity index is 0.000000333. The van der Waals surface area contributed by atoms with E-state index in [2.05, 4.69) is 5.32 Å². The highest BCUT2D eigenvalue weighted by Crippen LogP contribution is 2.48. The number of rotatable bonds is 4. The monoisotopic (exact) mass is 584 g/mol. The van der Waals surface area contributed by atoms with Gasteiger partial charge in [-0.15, -0.1) is 0 Å². The number of alkyl halides is 3. The SMILES string of the molecule is O=C1CC2(S(=O)(=O)c3ccc(Cl)cc3)C(=O)C(Cc3cccc(C(F)(F)F)c3)CN12.O=C1CCNC(=O)CC1. The standard InChI is InChI=1S/C20H15ClF3NO4S.C6H9NO2/c21-15-4-6-16(7-5-15)30(28,29)19-10-17(26)25(19)11-13(18(19)27)8-12-2-1-3-14(9-12)20(22,23)24;8-5-1-2-6(9)7-4-3-5/h1-7,9,13H,8,10-11H2;1-4H2,(H,7,9). The fourth-order valence-electron chi connectivity index (χ4n) is 4.90. The molecule has 0 radical (unpaired) electrons. The van der Waals surface area contributed by atoms with Crippen molar-refractivity contribution in [2.24, 2.45) is 5.92 Å². The van der Waals surface area contributed by atoms with Crippen molar-refractivity contribution in [3.63, 3.8) is 0 Å². The first-order valence-electron chi connectivity index (χ1n) is 12.1. The van der Waals surface area contributed by atoms with E-state index in [0.29, 0.717) is 30.8 Å². The number of β-lactam (4-membered cyclic amide) rings is 1. The number of sulfone groups is 1. The van der Waals surface area contributed by atoms with Gasteiger partial charge < -0.3 is 10.2 Å². The second-order valence-electron chi connectivity index (χ2n) is 9.52. The summed E-state index contributed by atoms with van der Waals surface area (Å²) < 4.78 is 65.4. The molecule has 2 aromatic rings. The fourth-order valence-corrected chi connectivity index (χ4v) is 7.12. The molecule has 3 heterocycles. The van der Waals surface area contributed by atoms with E-state index in [9.17, 15) is 40.8 Å². The first-order valence-corrected chi connectivity index (χ1v) is 13.9. The molecule has 2 atom stereocenters. The second-order valence-corrected chi connectivity index (χ2v) is 12.1. The van der Waals surface area contributed by atoms with Crippen LogP contribution < -0.4 is 5.32 Å². The maximum Gasteiger partial charge on any atom is 0.416 e. The molecule has 39 heavy (non-hydrogen) atoms. The third-order valence-electron chi connectivity index (χ3n) is 6.95. The van der Waals surface area contributed by atoms with Crippen LogP contribution in [0.1, 0.15) is 36.8 Å². The van der Waals surface area contributed by atoms with E-state index in [1.54, 1.807) is 0 Å². The van der Waals surface area contributed by atoms with Gasteiger partial charge in [0.15, 0.2) is 5.78 Å². The predicted molar refractivity (Wildman–Crippen MR) is 133 cm³/mol. The molecule has 208 valence electrons. The Labute approximate surface area is 227 Å². The molecule has 0 spiro atoms. The van der Waals surface area contributed by atoms with Crippen LogP contribution in [-0.2, 0) is 41.6 Å². The van der Waals surface area contributed by atoms with Gasteiger partial charge >= 0.3 is 6.18 Å². The van der Waals surface area contributed by atoms with E-state index in [1.165, 1.54) is 36.4 Å². The molecular formula is C26H24ClF3N2O6S. The van der Waals surface area contributed by atoms with Crippen LogP contribution >= 0.6 is 11.6 Å². The second kappa shape index (κ2) is 10.7. The van der Waals surface area contributed by atoms with Gasteiger partial charge in [-0.2, -0.15) is 13.2 Å². The lowest BCUT2D eigenvalue weighted by atomic mass is 9.92. The fraction of sp³-hybridized carbons (Fsp3) is 0.385. The summed E-state index contributed by atoms with van der Waals surface area (Å²) in [5.74, 6) is -1.88. The Bertz CT molecular complexity index is 1410. The highest BCUT2D eigenvalue weighted by atomic mass is 35.5. The summed E-state index contributed by atoms with van der Waals surface area (Å²) in [5, 5.41) is 2.93. The van der Waals surface area contributed by atoms with Crippen LogP contribution in [0.3, 0.4) is 0 Å². The minimum absolute atomic E-state index is 0.000787. The maximum absolute atomic E-state index is 13.3. The van der Waals surface area contributed by atoms with Gasteiger partial charge in [0.25, 0.3) is 0 Å². The number of fused-ring (bicyclic) bond motifs is 1. The third-order valence-corrected chi connectivity index (χ3v) is 9.55. The number of Topliss-reactive ketones (excluding diaryl/α,β-unsaturated/α-hetero) is 2. The smallest absolute Gasteiger partial charge is 0.356 e. The summed E-state index contributed by atoms with van der Waals surface area (Å²) >= 11 is 5.80. The average Bonchev–Trinajstić information content (AvgIpc) is 2.96. The number of halogens is 4. The van der Waals surface area contributed by atoms with Crippen molar-refractivity contribution in [3.05, 3.63) is 64.7 Å². The summed E-state index contributed by atoms with van der Waals surface area (Å²) in [6.45, 7) is 0.373. The topological polar surface area (TPSA) is 118 Å². The molecule has 0 bridgehead atoms. The number of benzene rings is 2. The van der Waals surface area contributed by atoms with Crippen LogP contribution in [0.5, 0.6) is 0 Å². The van der Waals surface area contributed by atoms with Crippen LogP contribution in [-0.4, -0.2) is 54.7 Å². The van der Waals surface area contributed by atoms with Crippen LogP contribution in [0.15, 0.2) is 53.4 Å². The van der Waals surface area contributed by atoms with Gasteiger partial charge in [-0.1, -0.05) is 29.8 Å². The number of nitrogens with one attached hydrogen (secondary N) is 1. The molecular weight excluding hydrogens is 561 g/mol. The number of amides is 2. The number of ketones is 2. The Kier molecular flexibility index (Phi) is 7.91. The third kappa shape index (κ3) is 5.58. The molecule has 3 fully saturated rings. The van der Waals surface area contributed by atoms with Gasteiger partial charge in [-0.05, 0) is 42.3 Å². The van der Waals surface area contributed by atoms with E-state index in [4.69, 9.17) is 11.6 Å². The lowest BCUT2D eigenvalue weighted by Gasteiger charge is -2.44. The Morgan fingerprint density at radius 1 is 1.00 bits per heavy atom. The van der Waals surface area contributed by atoms with Crippen LogP contribution in [0.2, 0.25) is 5.02 Å². The number of carbonyl (C=O) groups excluding carboxylic acids is 4. The van der Waals surface area contributed by atoms with Crippen LogP contribution in [0.25, 0.3) is 0 Å². The zero-order valence-corrected chi connectivity index (χ0v) is 22.0. The molecule has 0 aromatic heterocycles. The molecule has 13 heteroatoms. The summed E-state index contributed by atoms with van der Waals surface area (Å²) in [6, 6.07) is 9.80. The molecule has 3 aliphatic rings. The number of hydrogen-bond acceptors (Lipinski definition) is 6. The van der Waals surface area contributed by atoms with E-state index in [1.807, 2.05) is 0 Å². The Hall–Kier alpha value is -3.25. The van der Waals surface area contributed by atoms with Crippen molar-refractivity contribution in [3.8, 4) is 0 Å². The molecule has 8 nitrogen and oxygen atoms in total. The van der Waals surface area contributed by atoms with Crippen molar-refractivity contribution in [2.75, 3.05) is 13.1 Å². The Morgan fingerprint density at radius 2 is 1.69 bits per heavy atom. The number of carbonyl (C=O) groups is 4. The highest BCUT2D eigenvalue weighted by Gasteiger charge is 2.70. The molecule has 1 N–H and O–H groups in total. The van der Waals surface area contributed by atoms with E-state index < -0.39 is 50.5 Å². The molecule has 5 rings (SSSR count). The van der Waals surface area contributed by atoms with Crippen molar-refractivity contribution in [1.29, 1.82) is 0 Å². The molecule has 2 aromatic carbocycles. The normalized spacial score (nSPS) is 23.3. The van der Waals surface area contributed by atoms with Crippen molar-refractivity contribution in [1.82, 2.24) is 10.2 Å². The highest BCUT2D eigenvalue weighted by molar-refractivity contribution is 7.93. The van der Waals surface area contributed by atoms with Gasteiger partial charge in [-0.25, -0.2) is 8.42 Å². The molecule has 3 saturated heterocycles. The number of hydrogen-bond donors (Lipinski definition) is 1. The molecule has 0 saturated carbocycles. The maximum atomic E-state index is 13.3. The van der Waals surface area contributed by atoms with Gasteiger partial charge in [0.2, 0.25) is 26.5 Å². The van der Waals surface area contributed by atoms with Gasteiger partial charge in [-0.3, -0.25) is 19.2 Å². The van der Waals surface area contributed by atoms with Gasteiger partial charge in [0.1, 0.15) is 5.78 Å². The lowest BCUT2D eigenvalue weighted by molar-refractivity contribution is -0.150. The lowest BCUT2D eigenvalue weighted by Crippen LogP contribution is -2.67. The molecule has 2 unspecified atom stereocenters. The minimum Gasteiger partial charge on any atom is -0.356 e. The quantitative estimate of drug-likeness (QED) is 0.551. The van der Waals surface area contributed by atoms with Crippen LogP contribution in [0, 0.1) is 5.92 Å². The first-order chi connectivity index (χ1) is 18.3. The number of nitrogens with zero attached hydrogens (tertiary/aromatic N) is 1. The zero-order valence-electron chi connectivity index (χ0n) is 20.5. The van der Waals surface area contributed by atoms with E-state index in [-0.39, 0.29) is 35.1 Å². The van der Waals surface area contributed by atoms with Crippen molar-refractivity contribution in [2.45, 2.75) is 48.0 Å². The van der Waals surface area contributed by atoms with Crippen molar-refractivity contribution < 1.29 is 40.8 Å². The first kappa shape index (κ1) is 28.8. The van der Waals surface area contributed by atoms with E-state index >= 15 is 0 Å². The molecule has 2 amide bonds. The summed E-state index contributed by atoms with van der Waals surface area (Å²) in [6.07, 6.45) is -3.80. The van der Waals surface area contributed by atoms with Gasteiger partial charge in [0.05, 0.1) is 16.9 Å². The summed E-state index contributed by atoms with van der Waals surface area (Å²) in [7, 11) is -4.24. The van der Waals surface area contributed by atoms with Crippen LogP contribution in [0.4, 0.5) is 13.2 Å². The summed E-state index contributed by atoms with van der Waals surface area (Å²) in [5.41, 5.74) is -0.606. The Morgan fingerprint density at radius 3 is 2.33 bits per heavy atom. The van der Waals surface area contributed by atoms with Crippen molar-refractivity contribution >= 4 is 44.8 Å². The minimum atomic E-state index is -4.53. The van der Waals surface area contributed by atoms with Gasteiger partial charge in [0, 0.05) is 43.3 Å². The average molecular weight is 585 g/mol. The summed E-state index contributed by atoms with van der Waals surface area (Å²) in [4.78, 5) is 45.4. The molecule has 0 aliphatic carbocycles. The zero-order chi connectivity index (χ0) is 28.6.